The van der Waals surface area contributed by atoms with Crippen molar-refractivity contribution in [1.29, 1.82) is 5.26 Å². The summed E-state index contributed by atoms with van der Waals surface area (Å²) < 4.78 is 0. The van der Waals surface area contributed by atoms with Crippen molar-refractivity contribution < 1.29 is 10.0 Å². The first-order valence-electron chi connectivity index (χ1n) is 7.89. The molecule has 1 aliphatic heterocycles. The number of nitro benzene ring substituents is 1. The zero-order valence-corrected chi connectivity index (χ0v) is 14.1. The summed E-state index contributed by atoms with van der Waals surface area (Å²) in [7, 11) is 3.89. The molecule has 8 nitrogen and oxygen atoms in total. The van der Waals surface area contributed by atoms with Gasteiger partial charge in [0.1, 0.15) is 11.6 Å². The summed E-state index contributed by atoms with van der Waals surface area (Å²) in [5.74, 6) is 0. The first kappa shape index (κ1) is 18.1. The zero-order valence-electron chi connectivity index (χ0n) is 14.1. The van der Waals surface area contributed by atoms with Crippen molar-refractivity contribution >= 4 is 11.4 Å². The first-order chi connectivity index (χ1) is 11.4. The van der Waals surface area contributed by atoms with E-state index in [1.807, 2.05) is 11.0 Å². The predicted molar refractivity (Wildman–Crippen MR) is 91.0 cm³/mol. The molecule has 0 radical (unpaired) electrons. The summed E-state index contributed by atoms with van der Waals surface area (Å²) in [5, 5.41) is 30.2. The van der Waals surface area contributed by atoms with Crippen LogP contribution in [0, 0.1) is 21.4 Å². The lowest BCUT2D eigenvalue weighted by atomic mass is 10.1. The van der Waals surface area contributed by atoms with E-state index in [1.54, 1.807) is 13.1 Å². The maximum absolute atomic E-state index is 10.9. The monoisotopic (exact) mass is 333 g/mol. The molecule has 0 spiro atoms. The lowest BCUT2D eigenvalue weighted by Gasteiger charge is -2.34. The summed E-state index contributed by atoms with van der Waals surface area (Å²) in [6, 6.07) is 6.27. The average molecular weight is 333 g/mol. The number of nitro groups is 1. The van der Waals surface area contributed by atoms with E-state index in [4.69, 9.17) is 5.26 Å². The Morgan fingerprint density at radius 3 is 2.67 bits per heavy atom. The number of benzene rings is 1. The summed E-state index contributed by atoms with van der Waals surface area (Å²) >= 11 is 0. The van der Waals surface area contributed by atoms with Gasteiger partial charge >= 0.3 is 0 Å². The number of rotatable bonds is 6. The SMILES string of the molecule is CN1CCN(CC(O)CN(C)c2ccc([N+](=O)[O-])c(C#N)c2)CC1. The molecule has 1 N–H and O–H groups in total. The number of likely N-dealkylation sites (N-methyl/N-ethyl adjacent to an activating group) is 2. The van der Waals surface area contributed by atoms with Crippen LogP contribution in [-0.4, -0.2) is 79.3 Å². The Balaban J connectivity index is 1.95. The minimum absolute atomic E-state index is 0.0258. The van der Waals surface area contributed by atoms with Crippen LogP contribution >= 0.6 is 0 Å². The van der Waals surface area contributed by atoms with Gasteiger partial charge < -0.3 is 14.9 Å². The molecule has 1 atom stereocenters. The van der Waals surface area contributed by atoms with Gasteiger partial charge in [0.2, 0.25) is 0 Å². The number of β-amino-alcohol motifs (C(OH)–C–C–N with tert-alkyl or cyclic N) is 1. The molecule has 1 aliphatic rings. The molecule has 2 rings (SSSR count). The highest BCUT2D eigenvalue weighted by Gasteiger charge is 2.19. The molecule has 0 saturated carbocycles. The van der Waals surface area contributed by atoms with E-state index in [-0.39, 0.29) is 11.3 Å². The van der Waals surface area contributed by atoms with Gasteiger partial charge in [-0.2, -0.15) is 5.26 Å². The molecule has 24 heavy (non-hydrogen) atoms. The number of nitriles is 1. The third-order valence-corrected chi connectivity index (χ3v) is 4.29. The Morgan fingerprint density at radius 1 is 1.42 bits per heavy atom. The molecule has 8 heteroatoms. The van der Waals surface area contributed by atoms with Gasteiger partial charge in [-0.25, -0.2) is 0 Å². The topological polar surface area (TPSA) is 96.9 Å². The number of aliphatic hydroxyl groups is 1. The molecule has 130 valence electrons. The molecular weight excluding hydrogens is 310 g/mol. The second-order valence-electron chi connectivity index (χ2n) is 6.21. The summed E-state index contributed by atoms with van der Waals surface area (Å²) in [6.07, 6.45) is -0.529. The van der Waals surface area contributed by atoms with E-state index in [0.717, 1.165) is 26.2 Å². The second kappa shape index (κ2) is 8.06. The van der Waals surface area contributed by atoms with Crippen LogP contribution in [0.1, 0.15) is 5.56 Å². The van der Waals surface area contributed by atoms with Crippen molar-refractivity contribution in [1.82, 2.24) is 9.80 Å². The third kappa shape index (κ3) is 4.64. The van der Waals surface area contributed by atoms with Gasteiger partial charge in [-0.3, -0.25) is 15.0 Å². The number of piperazine rings is 1. The Hall–Kier alpha value is -2.21. The highest BCUT2D eigenvalue weighted by molar-refractivity contribution is 5.59. The van der Waals surface area contributed by atoms with Crippen LogP contribution in [0.5, 0.6) is 0 Å². The number of hydrogen-bond acceptors (Lipinski definition) is 7. The van der Waals surface area contributed by atoms with E-state index < -0.39 is 11.0 Å². The lowest BCUT2D eigenvalue weighted by Crippen LogP contribution is -2.48. The second-order valence-corrected chi connectivity index (χ2v) is 6.21. The van der Waals surface area contributed by atoms with Gasteiger partial charge in [0.05, 0.1) is 11.0 Å². The molecular formula is C16H23N5O3. The Morgan fingerprint density at radius 2 is 2.08 bits per heavy atom. The fourth-order valence-corrected chi connectivity index (χ4v) is 2.82. The number of anilines is 1. The number of nitrogens with zero attached hydrogens (tertiary/aromatic N) is 5. The van der Waals surface area contributed by atoms with E-state index in [1.165, 1.54) is 12.1 Å². The minimum Gasteiger partial charge on any atom is -0.390 e. The van der Waals surface area contributed by atoms with Crippen molar-refractivity contribution in [2.24, 2.45) is 0 Å². The van der Waals surface area contributed by atoms with E-state index in [9.17, 15) is 15.2 Å². The number of hydrogen-bond donors (Lipinski definition) is 1. The smallest absolute Gasteiger partial charge is 0.287 e. The zero-order chi connectivity index (χ0) is 17.7. The molecule has 0 amide bonds. The molecule has 1 aromatic carbocycles. The number of aliphatic hydroxyl groups excluding tert-OH is 1. The van der Waals surface area contributed by atoms with E-state index >= 15 is 0 Å². The molecule has 1 heterocycles. The van der Waals surface area contributed by atoms with Crippen LogP contribution in [0.15, 0.2) is 18.2 Å². The van der Waals surface area contributed by atoms with Gasteiger partial charge in [-0.15, -0.1) is 0 Å². The lowest BCUT2D eigenvalue weighted by molar-refractivity contribution is -0.385. The third-order valence-electron chi connectivity index (χ3n) is 4.29. The molecule has 1 unspecified atom stereocenters. The highest BCUT2D eigenvalue weighted by Crippen LogP contribution is 2.24. The predicted octanol–water partition coefficient (Wildman–Crippen LogP) is 0.511. The molecule has 1 fully saturated rings. The molecule has 0 bridgehead atoms. The van der Waals surface area contributed by atoms with Gasteiger partial charge in [0.15, 0.2) is 0 Å². The largest absolute Gasteiger partial charge is 0.390 e. The van der Waals surface area contributed by atoms with Crippen molar-refractivity contribution in [2.75, 3.05) is 58.3 Å². The first-order valence-corrected chi connectivity index (χ1v) is 7.89. The molecule has 1 aromatic rings. The van der Waals surface area contributed by atoms with Gasteiger partial charge in [0.25, 0.3) is 5.69 Å². The van der Waals surface area contributed by atoms with Gasteiger partial charge in [0, 0.05) is 58.1 Å². The normalized spacial score (nSPS) is 17.2. The molecule has 0 aliphatic carbocycles. The fourth-order valence-electron chi connectivity index (χ4n) is 2.82. The highest BCUT2D eigenvalue weighted by atomic mass is 16.6. The van der Waals surface area contributed by atoms with Crippen LogP contribution < -0.4 is 4.90 Å². The minimum atomic E-state index is -0.565. The quantitative estimate of drug-likeness (QED) is 0.598. The van der Waals surface area contributed by atoms with Crippen molar-refractivity contribution in [3.8, 4) is 6.07 Å². The summed E-state index contributed by atoms with van der Waals surface area (Å²) in [6.45, 7) is 4.86. The van der Waals surface area contributed by atoms with Crippen molar-refractivity contribution in [3.05, 3.63) is 33.9 Å². The molecule has 1 saturated heterocycles. The average Bonchev–Trinajstić information content (AvgIpc) is 2.56. The van der Waals surface area contributed by atoms with Crippen LogP contribution in [0.4, 0.5) is 11.4 Å². The fraction of sp³-hybridized carbons (Fsp3) is 0.562. The van der Waals surface area contributed by atoms with Gasteiger partial charge in [-0.1, -0.05) is 0 Å². The van der Waals surface area contributed by atoms with Crippen LogP contribution in [0.3, 0.4) is 0 Å². The van der Waals surface area contributed by atoms with E-state index in [2.05, 4.69) is 16.8 Å². The summed E-state index contributed by atoms with van der Waals surface area (Å²) in [5.41, 5.74) is 0.500. The Labute approximate surface area is 141 Å². The maximum atomic E-state index is 10.9. The van der Waals surface area contributed by atoms with Crippen molar-refractivity contribution in [2.45, 2.75) is 6.10 Å². The Bertz CT molecular complexity index is 623. The summed E-state index contributed by atoms with van der Waals surface area (Å²) in [4.78, 5) is 16.6. The van der Waals surface area contributed by atoms with E-state index in [0.29, 0.717) is 18.8 Å². The van der Waals surface area contributed by atoms with Gasteiger partial charge in [-0.05, 0) is 19.2 Å². The maximum Gasteiger partial charge on any atom is 0.287 e. The van der Waals surface area contributed by atoms with Crippen molar-refractivity contribution in [3.63, 3.8) is 0 Å². The molecule has 0 aromatic heterocycles. The van der Waals surface area contributed by atoms with Crippen LogP contribution in [0.25, 0.3) is 0 Å². The standard InChI is InChI=1S/C16H23N5O3/c1-18-5-7-20(8-6-18)12-15(22)11-19(2)14-3-4-16(21(23)24)13(9-14)10-17/h3-4,9,15,22H,5-8,11-12H2,1-2H3. The Kier molecular flexibility index (Phi) is 6.09. The van der Waals surface area contributed by atoms with Crippen LogP contribution in [0.2, 0.25) is 0 Å². The van der Waals surface area contributed by atoms with Crippen LogP contribution in [-0.2, 0) is 0 Å².